The van der Waals surface area contributed by atoms with Gasteiger partial charge in [0.1, 0.15) is 0 Å². The molecule has 1 nitrogen and oxygen atoms in total. The highest BCUT2D eigenvalue weighted by Crippen LogP contribution is 2.33. The molecule has 0 fully saturated rings. The minimum absolute atomic E-state index is 0.909. The molecule has 33 heavy (non-hydrogen) atoms. The van der Waals surface area contributed by atoms with Crippen LogP contribution in [-0.2, 0) is 12.8 Å². The largest absolute Gasteiger partial charge is 0.358 e. The second kappa shape index (κ2) is 16.4. The van der Waals surface area contributed by atoms with Crippen molar-refractivity contribution in [3.8, 4) is 0 Å². The van der Waals surface area contributed by atoms with Crippen LogP contribution in [0.5, 0.6) is 0 Å². The van der Waals surface area contributed by atoms with Gasteiger partial charge in [-0.15, -0.1) is 0 Å². The molecule has 0 amide bonds. The molecule has 1 aliphatic rings. The smallest absolute Gasteiger partial charge is 0.0458 e. The SMILES string of the molecule is CCCCCCCCCCCCCCCCCCCCC1CCc2c([nH]c3ccccc23)C1. The van der Waals surface area contributed by atoms with Crippen molar-refractivity contribution in [3.05, 3.63) is 35.5 Å². The Labute approximate surface area is 205 Å². The number of nitrogens with one attached hydrogen (secondary N) is 1. The molecule has 0 spiro atoms. The van der Waals surface area contributed by atoms with Crippen molar-refractivity contribution < 1.29 is 0 Å². The van der Waals surface area contributed by atoms with Crippen molar-refractivity contribution in [2.45, 2.75) is 148 Å². The predicted octanol–water partition coefficient (Wildman–Crippen LogP) is 10.7. The second-order valence-electron chi connectivity index (χ2n) is 11.0. The molecule has 1 heterocycles. The van der Waals surface area contributed by atoms with Crippen molar-refractivity contribution in [1.29, 1.82) is 0 Å². The average Bonchev–Trinajstić information content (AvgIpc) is 3.21. The zero-order valence-electron chi connectivity index (χ0n) is 21.9. The van der Waals surface area contributed by atoms with Crippen LogP contribution in [0.25, 0.3) is 10.9 Å². The molecule has 186 valence electrons. The number of hydrogen-bond donors (Lipinski definition) is 1. The summed E-state index contributed by atoms with van der Waals surface area (Å²) in [4.78, 5) is 3.71. The van der Waals surface area contributed by atoms with Crippen LogP contribution in [0.3, 0.4) is 0 Å². The summed E-state index contributed by atoms with van der Waals surface area (Å²) in [7, 11) is 0. The minimum atomic E-state index is 0.909. The van der Waals surface area contributed by atoms with Crippen molar-refractivity contribution in [2.75, 3.05) is 0 Å². The molecule has 0 aliphatic heterocycles. The first-order valence-corrected chi connectivity index (χ1v) is 15.0. The van der Waals surface area contributed by atoms with Gasteiger partial charge in [-0.1, -0.05) is 147 Å². The number of hydrogen-bond acceptors (Lipinski definition) is 0. The lowest BCUT2D eigenvalue weighted by atomic mass is 9.84. The van der Waals surface area contributed by atoms with E-state index in [1.54, 1.807) is 5.56 Å². The maximum Gasteiger partial charge on any atom is 0.0458 e. The molecule has 0 radical (unpaired) electrons. The van der Waals surface area contributed by atoms with E-state index in [2.05, 4.69) is 36.2 Å². The number of aromatic nitrogens is 1. The Hall–Kier alpha value is -1.24. The Kier molecular flexibility index (Phi) is 13.1. The van der Waals surface area contributed by atoms with Crippen LogP contribution in [-0.4, -0.2) is 4.98 Å². The first kappa shape index (κ1) is 26.4. The third kappa shape index (κ3) is 9.87. The molecule has 1 N–H and O–H groups in total. The van der Waals surface area contributed by atoms with E-state index in [1.165, 1.54) is 158 Å². The van der Waals surface area contributed by atoms with E-state index in [0.717, 1.165) is 5.92 Å². The maximum atomic E-state index is 3.71. The molecule has 2 aromatic rings. The molecular weight excluding hydrogens is 398 g/mol. The van der Waals surface area contributed by atoms with Gasteiger partial charge >= 0.3 is 0 Å². The van der Waals surface area contributed by atoms with E-state index in [9.17, 15) is 0 Å². The van der Waals surface area contributed by atoms with E-state index in [1.807, 2.05) is 0 Å². The highest BCUT2D eigenvalue weighted by atomic mass is 14.7. The van der Waals surface area contributed by atoms with Crippen LogP contribution in [0, 0.1) is 5.92 Å². The van der Waals surface area contributed by atoms with Gasteiger partial charge in [0, 0.05) is 16.6 Å². The van der Waals surface area contributed by atoms with Gasteiger partial charge in [-0.05, 0) is 36.8 Å². The average molecular weight is 452 g/mol. The molecule has 3 rings (SSSR count). The highest BCUT2D eigenvalue weighted by Gasteiger charge is 2.21. The molecule has 1 aromatic carbocycles. The maximum absolute atomic E-state index is 3.71. The van der Waals surface area contributed by atoms with Gasteiger partial charge in [-0.25, -0.2) is 0 Å². The van der Waals surface area contributed by atoms with Gasteiger partial charge in [0.15, 0.2) is 0 Å². The van der Waals surface area contributed by atoms with Crippen molar-refractivity contribution >= 4 is 10.9 Å². The number of aromatic amines is 1. The zero-order chi connectivity index (χ0) is 23.0. The quantitative estimate of drug-likeness (QED) is 0.204. The number of para-hydroxylation sites is 1. The number of unbranched alkanes of at least 4 members (excludes halogenated alkanes) is 17. The van der Waals surface area contributed by atoms with Crippen molar-refractivity contribution in [3.63, 3.8) is 0 Å². The van der Waals surface area contributed by atoms with Crippen LogP contribution >= 0.6 is 0 Å². The molecule has 0 saturated heterocycles. The molecule has 1 aliphatic carbocycles. The van der Waals surface area contributed by atoms with Crippen molar-refractivity contribution in [1.82, 2.24) is 4.98 Å². The van der Waals surface area contributed by atoms with Gasteiger partial charge in [0.25, 0.3) is 0 Å². The summed E-state index contributed by atoms with van der Waals surface area (Å²) in [5.74, 6) is 0.909. The highest BCUT2D eigenvalue weighted by molar-refractivity contribution is 5.84. The standard InChI is InChI=1S/C32H53N/c1-2-3-4-5-6-7-8-9-10-11-12-13-14-15-16-17-18-19-22-28-25-26-30-29-23-20-21-24-31(29)33-32(30)27-28/h20-21,23-24,28,33H,2-19,22,25-27H2,1H3. The van der Waals surface area contributed by atoms with E-state index >= 15 is 0 Å². The van der Waals surface area contributed by atoms with Crippen LogP contribution in [0.2, 0.25) is 0 Å². The van der Waals surface area contributed by atoms with Crippen LogP contribution in [0.15, 0.2) is 24.3 Å². The molecule has 0 saturated carbocycles. The fraction of sp³-hybridized carbons (Fsp3) is 0.750. The Morgan fingerprint density at radius 1 is 0.667 bits per heavy atom. The van der Waals surface area contributed by atoms with E-state index in [-0.39, 0.29) is 0 Å². The number of aryl methyl sites for hydroxylation is 1. The third-order valence-corrected chi connectivity index (χ3v) is 8.16. The van der Waals surface area contributed by atoms with Gasteiger partial charge < -0.3 is 4.98 Å². The zero-order valence-corrected chi connectivity index (χ0v) is 21.9. The molecule has 0 bridgehead atoms. The number of H-pyrrole nitrogens is 1. The second-order valence-corrected chi connectivity index (χ2v) is 11.0. The summed E-state index contributed by atoms with van der Waals surface area (Å²) in [6.07, 6.45) is 31.8. The summed E-state index contributed by atoms with van der Waals surface area (Å²) in [5, 5.41) is 1.47. The first-order valence-electron chi connectivity index (χ1n) is 15.0. The van der Waals surface area contributed by atoms with Crippen LogP contribution in [0.4, 0.5) is 0 Å². The Morgan fingerprint density at radius 3 is 1.76 bits per heavy atom. The molecular formula is C32H53N. The topological polar surface area (TPSA) is 15.8 Å². The summed E-state index contributed by atoms with van der Waals surface area (Å²) >= 11 is 0. The fourth-order valence-corrected chi connectivity index (χ4v) is 6.04. The van der Waals surface area contributed by atoms with Crippen LogP contribution in [0.1, 0.15) is 147 Å². The summed E-state index contributed by atoms with van der Waals surface area (Å²) < 4.78 is 0. The Bertz CT molecular complexity index is 742. The number of fused-ring (bicyclic) bond motifs is 3. The number of rotatable bonds is 19. The predicted molar refractivity (Wildman–Crippen MR) is 147 cm³/mol. The third-order valence-electron chi connectivity index (χ3n) is 8.16. The van der Waals surface area contributed by atoms with E-state index < -0.39 is 0 Å². The molecule has 1 aromatic heterocycles. The summed E-state index contributed by atoms with van der Waals surface area (Å²) in [5.41, 5.74) is 4.49. The van der Waals surface area contributed by atoms with Crippen molar-refractivity contribution in [2.24, 2.45) is 5.92 Å². The lowest BCUT2D eigenvalue weighted by Crippen LogP contribution is -2.13. The van der Waals surface area contributed by atoms with Gasteiger partial charge in [-0.3, -0.25) is 0 Å². The lowest BCUT2D eigenvalue weighted by Gasteiger charge is -2.22. The lowest BCUT2D eigenvalue weighted by molar-refractivity contribution is 0.401. The van der Waals surface area contributed by atoms with E-state index in [4.69, 9.17) is 0 Å². The Morgan fingerprint density at radius 2 is 1.18 bits per heavy atom. The molecule has 1 heteroatoms. The number of benzene rings is 1. The fourth-order valence-electron chi connectivity index (χ4n) is 6.04. The molecule has 1 unspecified atom stereocenters. The Balaban J connectivity index is 1.08. The normalized spacial score (nSPS) is 15.8. The van der Waals surface area contributed by atoms with E-state index in [0.29, 0.717) is 0 Å². The van der Waals surface area contributed by atoms with Crippen LogP contribution < -0.4 is 0 Å². The summed E-state index contributed by atoms with van der Waals surface area (Å²) in [6.45, 7) is 2.30. The molecule has 1 atom stereocenters. The minimum Gasteiger partial charge on any atom is -0.358 e. The first-order chi connectivity index (χ1) is 16.4. The summed E-state index contributed by atoms with van der Waals surface area (Å²) in [6, 6.07) is 8.86. The van der Waals surface area contributed by atoms with Gasteiger partial charge in [-0.2, -0.15) is 0 Å². The van der Waals surface area contributed by atoms with Gasteiger partial charge in [0.05, 0.1) is 0 Å². The monoisotopic (exact) mass is 451 g/mol. The van der Waals surface area contributed by atoms with Gasteiger partial charge in [0.2, 0.25) is 0 Å².